The predicted octanol–water partition coefficient (Wildman–Crippen LogP) is 3.11. The highest BCUT2D eigenvalue weighted by atomic mass is 16.5. The molecule has 0 aliphatic rings. The fourth-order valence-corrected chi connectivity index (χ4v) is 2.48. The number of carbonyl (C=O) groups excluding carboxylic acids is 1. The molecule has 0 saturated heterocycles. The first-order chi connectivity index (χ1) is 12.6. The van der Waals surface area contributed by atoms with Crippen molar-refractivity contribution in [3.63, 3.8) is 0 Å². The second-order valence-electron chi connectivity index (χ2n) is 5.71. The molecule has 0 unspecified atom stereocenters. The molecular formula is C20H25NO5. The summed E-state index contributed by atoms with van der Waals surface area (Å²) in [7, 11) is 4.70. The Morgan fingerprint density at radius 3 is 2.31 bits per heavy atom. The molecule has 140 valence electrons. The molecule has 1 N–H and O–H groups in total. The Kier molecular flexibility index (Phi) is 7.14. The largest absolute Gasteiger partial charge is 0.496 e. The van der Waals surface area contributed by atoms with Gasteiger partial charge in [0.1, 0.15) is 11.5 Å². The average molecular weight is 359 g/mol. The summed E-state index contributed by atoms with van der Waals surface area (Å²) in [6.07, 6.45) is 0.267. The van der Waals surface area contributed by atoms with Crippen LogP contribution in [0.5, 0.6) is 23.0 Å². The summed E-state index contributed by atoms with van der Waals surface area (Å²) in [5, 5.41) is 2.86. The normalized spacial score (nSPS) is 10.2. The third-order valence-corrected chi connectivity index (χ3v) is 3.85. The zero-order valence-electron chi connectivity index (χ0n) is 15.6. The van der Waals surface area contributed by atoms with Crippen molar-refractivity contribution in [3.05, 3.63) is 47.5 Å². The van der Waals surface area contributed by atoms with E-state index < -0.39 is 0 Å². The van der Waals surface area contributed by atoms with Crippen LogP contribution in [0.25, 0.3) is 0 Å². The number of rotatable bonds is 9. The quantitative estimate of drug-likeness (QED) is 0.745. The number of ether oxygens (including phenoxy) is 4. The molecule has 2 rings (SSSR count). The molecule has 0 heterocycles. The third kappa shape index (κ3) is 5.31. The van der Waals surface area contributed by atoms with Gasteiger partial charge in [0.25, 0.3) is 0 Å². The molecule has 2 aromatic rings. The maximum absolute atomic E-state index is 12.1. The van der Waals surface area contributed by atoms with Crippen molar-refractivity contribution in [1.82, 2.24) is 5.32 Å². The van der Waals surface area contributed by atoms with Gasteiger partial charge in [-0.1, -0.05) is 12.1 Å². The van der Waals surface area contributed by atoms with Gasteiger partial charge in [-0.3, -0.25) is 4.79 Å². The standard InChI is InChI=1S/C20H25NO5/c1-14-6-5-7-16(10-14)26-9-8-20(22)21-13-15-11-18(24-3)19(25-4)12-17(15)23-2/h5-7,10-12H,8-9,13H2,1-4H3,(H,21,22). The zero-order valence-corrected chi connectivity index (χ0v) is 15.6. The molecule has 6 nitrogen and oxygen atoms in total. The second kappa shape index (κ2) is 9.56. The number of amides is 1. The molecule has 0 spiro atoms. The lowest BCUT2D eigenvalue weighted by Crippen LogP contribution is -2.24. The lowest BCUT2D eigenvalue weighted by molar-refractivity contribution is -0.121. The summed E-state index contributed by atoms with van der Waals surface area (Å²) in [5.74, 6) is 2.44. The zero-order chi connectivity index (χ0) is 18.9. The van der Waals surface area contributed by atoms with Gasteiger partial charge < -0.3 is 24.3 Å². The van der Waals surface area contributed by atoms with E-state index in [-0.39, 0.29) is 12.3 Å². The lowest BCUT2D eigenvalue weighted by atomic mass is 10.1. The highest BCUT2D eigenvalue weighted by molar-refractivity contribution is 5.76. The van der Waals surface area contributed by atoms with Gasteiger partial charge in [0.05, 0.1) is 34.4 Å². The highest BCUT2D eigenvalue weighted by Crippen LogP contribution is 2.34. The van der Waals surface area contributed by atoms with Crippen LogP contribution in [0.3, 0.4) is 0 Å². The van der Waals surface area contributed by atoms with Crippen LogP contribution in [0.15, 0.2) is 36.4 Å². The van der Waals surface area contributed by atoms with Crippen molar-refractivity contribution in [1.29, 1.82) is 0 Å². The van der Waals surface area contributed by atoms with E-state index in [1.807, 2.05) is 31.2 Å². The van der Waals surface area contributed by atoms with Crippen molar-refractivity contribution in [2.24, 2.45) is 0 Å². The first kappa shape index (κ1) is 19.4. The number of aryl methyl sites for hydroxylation is 1. The van der Waals surface area contributed by atoms with Gasteiger partial charge in [0.15, 0.2) is 11.5 Å². The van der Waals surface area contributed by atoms with Gasteiger partial charge in [-0.2, -0.15) is 0 Å². The topological polar surface area (TPSA) is 66.0 Å². The highest BCUT2D eigenvalue weighted by Gasteiger charge is 2.12. The van der Waals surface area contributed by atoms with Crippen LogP contribution in [0.2, 0.25) is 0 Å². The SMILES string of the molecule is COc1cc(OC)c(OC)cc1CNC(=O)CCOc1cccc(C)c1. The van der Waals surface area contributed by atoms with Crippen LogP contribution < -0.4 is 24.3 Å². The maximum Gasteiger partial charge on any atom is 0.223 e. The van der Waals surface area contributed by atoms with Crippen LogP contribution in [-0.2, 0) is 11.3 Å². The summed E-state index contributed by atoms with van der Waals surface area (Å²) >= 11 is 0. The fourth-order valence-electron chi connectivity index (χ4n) is 2.48. The monoisotopic (exact) mass is 359 g/mol. The minimum Gasteiger partial charge on any atom is -0.496 e. The van der Waals surface area contributed by atoms with Crippen molar-refractivity contribution < 1.29 is 23.7 Å². The number of hydrogen-bond acceptors (Lipinski definition) is 5. The van der Waals surface area contributed by atoms with Crippen molar-refractivity contribution in [2.45, 2.75) is 19.9 Å². The Morgan fingerprint density at radius 2 is 1.65 bits per heavy atom. The third-order valence-electron chi connectivity index (χ3n) is 3.85. The summed E-state index contributed by atoms with van der Waals surface area (Å²) in [5.41, 5.74) is 1.92. The Hall–Kier alpha value is -2.89. The lowest BCUT2D eigenvalue weighted by Gasteiger charge is -2.14. The average Bonchev–Trinajstić information content (AvgIpc) is 2.65. The van der Waals surface area contributed by atoms with Gasteiger partial charge >= 0.3 is 0 Å². The number of methoxy groups -OCH3 is 3. The molecular weight excluding hydrogens is 334 g/mol. The number of carbonyl (C=O) groups is 1. The first-order valence-electron chi connectivity index (χ1n) is 8.32. The van der Waals surface area contributed by atoms with E-state index in [0.717, 1.165) is 16.9 Å². The summed E-state index contributed by atoms with van der Waals surface area (Å²) in [6, 6.07) is 11.3. The van der Waals surface area contributed by atoms with Crippen LogP contribution >= 0.6 is 0 Å². The van der Waals surface area contributed by atoms with E-state index in [2.05, 4.69) is 5.32 Å². The van der Waals surface area contributed by atoms with E-state index in [1.165, 1.54) is 0 Å². The molecule has 0 aliphatic heterocycles. The molecule has 0 atom stereocenters. The molecule has 6 heteroatoms. The van der Waals surface area contributed by atoms with Gasteiger partial charge in [0.2, 0.25) is 5.91 Å². The maximum atomic E-state index is 12.1. The van der Waals surface area contributed by atoms with E-state index in [0.29, 0.717) is 30.4 Å². The summed E-state index contributed by atoms with van der Waals surface area (Å²) in [4.78, 5) is 12.1. The summed E-state index contributed by atoms with van der Waals surface area (Å²) in [6.45, 7) is 2.64. The van der Waals surface area contributed by atoms with E-state index >= 15 is 0 Å². The molecule has 0 saturated carbocycles. The van der Waals surface area contributed by atoms with Gasteiger partial charge in [-0.15, -0.1) is 0 Å². The molecule has 0 aromatic heterocycles. The van der Waals surface area contributed by atoms with Gasteiger partial charge in [-0.05, 0) is 30.7 Å². The van der Waals surface area contributed by atoms with Crippen molar-refractivity contribution in [3.8, 4) is 23.0 Å². The van der Waals surface area contributed by atoms with Crippen molar-refractivity contribution in [2.75, 3.05) is 27.9 Å². The Labute approximate surface area is 154 Å². The molecule has 0 fully saturated rings. The smallest absolute Gasteiger partial charge is 0.223 e. The Morgan fingerprint density at radius 1 is 0.962 bits per heavy atom. The molecule has 0 bridgehead atoms. The number of nitrogens with one attached hydrogen (secondary N) is 1. The Bertz CT molecular complexity index is 745. The minimum absolute atomic E-state index is 0.102. The fraction of sp³-hybridized carbons (Fsp3) is 0.350. The molecule has 2 aromatic carbocycles. The van der Waals surface area contributed by atoms with E-state index in [9.17, 15) is 4.79 Å². The van der Waals surface area contributed by atoms with Crippen LogP contribution in [0.4, 0.5) is 0 Å². The predicted molar refractivity (Wildman–Crippen MR) is 99.2 cm³/mol. The second-order valence-corrected chi connectivity index (χ2v) is 5.71. The minimum atomic E-state index is -0.102. The molecule has 0 aliphatic carbocycles. The molecule has 1 amide bonds. The van der Waals surface area contributed by atoms with E-state index in [4.69, 9.17) is 18.9 Å². The van der Waals surface area contributed by atoms with Crippen LogP contribution in [0.1, 0.15) is 17.5 Å². The van der Waals surface area contributed by atoms with Crippen LogP contribution in [0, 0.1) is 6.92 Å². The van der Waals surface area contributed by atoms with Gasteiger partial charge in [0, 0.05) is 18.2 Å². The first-order valence-corrected chi connectivity index (χ1v) is 8.32. The number of benzene rings is 2. The van der Waals surface area contributed by atoms with Crippen molar-refractivity contribution >= 4 is 5.91 Å². The Balaban J connectivity index is 1.88. The summed E-state index contributed by atoms with van der Waals surface area (Å²) < 4.78 is 21.5. The molecule has 0 radical (unpaired) electrons. The van der Waals surface area contributed by atoms with Crippen LogP contribution in [-0.4, -0.2) is 33.8 Å². The van der Waals surface area contributed by atoms with E-state index in [1.54, 1.807) is 33.5 Å². The molecule has 26 heavy (non-hydrogen) atoms. The number of hydrogen-bond donors (Lipinski definition) is 1. The van der Waals surface area contributed by atoms with Gasteiger partial charge in [-0.25, -0.2) is 0 Å².